The van der Waals surface area contributed by atoms with E-state index in [1.54, 1.807) is 0 Å². The van der Waals surface area contributed by atoms with Gasteiger partial charge in [0.05, 0.1) is 5.92 Å². The topological polar surface area (TPSA) is 37.3 Å². The molecule has 1 N–H and O–H groups in total. The lowest BCUT2D eigenvalue weighted by molar-refractivity contribution is -0.141. The van der Waals surface area contributed by atoms with Crippen molar-refractivity contribution < 1.29 is 9.90 Å². The average Bonchev–Trinajstić information content (AvgIpc) is 2.68. The minimum Gasteiger partial charge on any atom is -0.481 e. The summed E-state index contributed by atoms with van der Waals surface area (Å²) >= 11 is 3.39. The van der Waals surface area contributed by atoms with Gasteiger partial charge in [0.1, 0.15) is 0 Å². The molecular formula is C12H13BrO2. The Labute approximate surface area is 97.4 Å². The van der Waals surface area contributed by atoms with Crippen molar-refractivity contribution in [1.29, 1.82) is 0 Å². The number of carbonyl (C=O) groups is 1. The van der Waals surface area contributed by atoms with Gasteiger partial charge in [0.15, 0.2) is 0 Å². The molecule has 0 bridgehead atoms. The van der Waals surface area contributed by atoms with Crippen LogP contribution in [0.25, 0.3) is 0 Å². The van der Waals surface area contributed by atoms with Crippen LogP contribution in [0.3, 0.4) is 0 Å². The van der Waals surface area contributed by atoms with Gasteiger partial charge in [-0.1, -0.05) is 28.1 Å². The van der Waals surface area contributed by atoms with Crippen molar-refractivity contribution in [2.75, 3.05) is 0 Å². The van der Waals surface area contributed by atoms with Gasteiger partial charge in [-0.25, -0.2) is 0 Å². The van der Waals surface area contributed by atoms with E-state index in [2.05, 4.69) is 28.1 Å². The van der Waals surface area contributed by atoms with Crippen LogP contribution in [-0.4, -0.2) is 11.1 Å². The molecule has 0 aromatic heterocycles. The number of carboxylic acid groups (broad SMARTS) is 1. The number of halogens is 1. The zero-order valence-electron chi connectivity index (χ0n) is 8.32. The third-order valence-corrected chi connectivity index (χ3v) is 3.65. The average molecular weight is 269 g/mol. The summed E-state index contributed by atoms with van der Waals surface area (Å²) in [7, 11) is 0. The quantitative estimate of drug-likeness (QED) is 0.893. The van der Waals surface area contributed by atoms with Crippen molar-refractivity contribution in [2.24, 2.45) is 5.92 Å². The number of carboxylic acids is 1. The highest BCUT2D eigenvalue weighted by molar-refractivity contribution is 9.10. The SMILES string of the molecule is O=C(O)[C@H]1CC[C@H](c2ccc(Br)cc2)C1. The molecule has 0 heterocycles. The lowest BCUT2D eigenvalue weighted by atomic mass is 9.96. The zero-order valence-corrected chi connectivity index (χ0v) is 9.90. The number of hydrogen-bond donors (Lipinski definition) is 1. The zero-order chi connectivity index (χ0) is 10.8. The van der Waals surface area contributed by atoms with Gasteiger partial charge in [-0.05, 0) is 42.9 Å². The molecular weight excluding hydrogens is 256 g/mol. The first-order valence-electron chi connectivity index (χ1n) is 5.15. The third kappa shape index (κ3) is 2.40. The molecule has 2 atom stereocenters. The molecule has 1 aliphatic rings. The first-order valence-corrected chi connectivity index (χ1v) is 5.94. The maximum absolute atomic E-state index is 10.8. The maximum Gasteiger partial charge on any atom is 0.306 e. The maximum atomic E-state index is 10.8. The van der Waals surface area contributed by atoms with E-state index in [-0.39, 0.29) is 5.92 Å². The molecule has 0 radical (unpaired) electrons. The molecule has 80 valence electrons. The largest absolute Gasteiger partial charge is 0.481 e. The standard InChI is InChI=1S/C12H13BrO2/c13-11-5-3-8(4-6-11)9-1-2-10(7-9)12(14)15/h3-6,9-10H,1-2,7H2,(H,14,15)/t9-,10-/m0/s1. The Morgan fingerprint density at radius 2 is 1.93 bits per heavy atom. The summed E-state index contributed by atoms with van der Waals surface area (Å²) in [6, 6.07) is 8.20. The second kappa shape index (κ2) is 4.35. The number of benzene rings is 1. The molecule has 0 saturated heterocycles. The Bertz CT molecular complexity index is 358. The Hall–Kier alpha value is -0.830. The molecule has 1 aromatic rings. The van der Waals surface area contributed by atoms with Crippen LogP contribution >= 0.6 is 15.9 Å². The molecule has 0 unspecified atom stereocenters. The van der Waals surface area contributed by atoms with Crippen molar-refractivity contribution in [2.45, 2.75) is 25.2 Å². The monoisotopic (exact) mass is 268 g/mol. The lowest BCUT2D eigenvalue weighted by Gasteiger charge is -2.09. The van der Waals surface area contributed by atoms with Crippen LogP contribution in [0.4, 0.5) is 0 Å². The molecule has 3 heteroatoms. The van der Waals surface area contributed by atoms with Crippen molar-refractivity contribution in [1.82, 2.24) is 0 Å². The van der Waals surface area contributed by atoms with E-state index in [1.165, 1.54) is 5.56 Å². The van der Waals surface area contributed by atoms with E-state index in [4.69, 9.17) is 5.11 Å². The Balaban J connectivity index is 2.07. The Morgan fingerprint density at radius 1 is 1.27 bits per heavy atom. The Kier molecular flexibility index (Phi) is 3.10. The molecule has 0 spiro atoms. The molecule has 1 aliphatic carbocycles. The summed E-state index contributed by atoms with van der Waals surface area (Å²) in [4.78, 5) is 10.8. The van der Waals surface area contributed by atoms with Crippen LogP contribution in [0.2, 0.25) is 0 Å². The summed E-state index contributed by atoms with van der Waals surface area (Å²) < 4.78 is 1.07. The molecule has 1 fully saturated rings. The van der Waals surface area contributed by atoms with Crippen molar-refractivity contribution >= 4 is 21.9 Å². The van der Waals surface area contributed by atoms with Crippen LogP contribution in [0.5, 0.6) is 0 Å². The lowest BCUT2D eigenvalue weighted by Crippen LogP contribution is -2.09. The fourth-order valence-electron chi connectivity index (χ4n) is 2.24. The van der Waals surface area contributed by atoms with E-state index in [1.807, 2.05) is 12.1 Å². The van der Waals surface area contributed by atoms with Crippen molar-refractivity contribution in [3.8, 4) is 0 Å². The summed E-state index contributed by atoms with van der Waals surface area (Å²) in [6.45, 7) is 0. The van der Waals surface area contributed by atoms with Crippen LogP contribution in [-0.2, 0) is 4.79 Å². The first-order chi connectivity index (χ1) is 7.16. The van der Waals surface area contributed by atoms with E-state index >= 15 is 0 Å². The summed E-state index contributed by atoms with van der Waals surface area (Å²) in [5.74, 6) is -0.354. The smallest absolute Gasteiger partial charge is 0.306 e. The van der Waals surface area contributed by atoms with E-state index in [9.17, 15) is 4.79 Å². The van der Waals surface area contributed by atoms with Gasteiger partial charge in [0, 0.05) is 4.47 Å². The molecule has 0 aliphatic heterocycles. The minimum absolute atomic E-state index is 0.140. The fourth-order valence-corrected chi connectivity index (χ4v) is 2.51. The van der Waals surface area contributed by atoms with Gasteiger partial charge in [0.2, 0.25) is 0 Å². The van der Waals surface area contributed by atoms with Gasteiger partial charge in [-0.15, -0.1) is 0 Å². The normalized spacial score (nSPS) is 25.4. The first kappa shape index (κ1) is 10.7. The van der Waals surface area contributed by atoms with Crippen LogP contribution in [0, 0.1) is 5.92 Å². The minimum atomic E-state index is -0.644. The summed E-state index contributed by atoms with van der Waals surface area (Å²) in [6.07, 6.45) is 2.60. The predicted octanol–water partition coefficient (Wildman–Crippen LogP) is 3.42. The molecule has 1 saturated carbocycles. The highest BCUT2D eigenvalue weighted by Gasteiger charge is 2.30. The van der Waals surface area contributed by atoms with Gasteiger partial charge in [-0.3, -0.25) is 4.79 Å². The van der Waals surface area contributed by atoms with E-state index < -0.39 is 5.97 Å². The fraction of sp³-hybridized carbons (Fsp3) is 0.417. The van der Waals surface area contributed by atoms with Gasteiger partial charge in [-0.2, -0.15) is 0 Å². The second-order valence-corrected chi connectivity index (χ2v) is 5.01. The van der Waals surface area contributed by atoms with Crippen LogP contribution in [0.1, 0.15) is 30.7 Å². The third-order valence-electron chi connectivity index (χ3n) is 3.12. The second-order valence-electron chi connectivity index (χ2n) is 4.10. The molecule has 1 aromatic carbocycles. The van der Waals surface area contributed by atoms with Gasteiger partial charge in [0.25, 0.3) is 0 Å². The highest BCUT2D eigenvalue weighted by Crippen LogP contribution is 2.38. The summed E-state index contributed by atoms with van der Waals surface area (Å²) in [5.41, 5.74) is 1.27. The van der Waals surface area contributed by atoms with E-state index in [0.717, 1.165) is 23.7 Å². The number of aliphatic carboxylic acids is 1. The molecule has 2 rings (SSSR count). The van der Waals surface area contributed by atoms with E-state index in [0.29, 0.717) is 5.92 Å². The number of hydrogen-bond acceptors (Lipinski definition) is 1. The van der Waals surface area contributed by atoms with Gasteiger partial charge < -0.3 is 5.11 Å². The summed E-state index contributed by atoms with van der Waals surface area (Å²) in [5, 5.41) is 8.91. The molecule has 15 heavy (non-hydrogen) atoms. The van der Waals surface area contributed by atoms with Crippen LogP contribution in [0.15, 0.2) is 28.7 Å². The van der Waals surface area contributed by atoms with Crippen molar-refractivity contribution in [3.63, 3.8) is 0 Å². The number of rotatable bonds is 2. The Morgan fingerprint density at radius 3 is 2.47 bits per heavy atom. The van der Waals surface area contributed by atoms with Crippen molar-refractivity contribution in [3.05, 3.63) is 34.3 Å². The molecule has 0 amide bonds. The highest BCUT2D eigenvalue weighted by atomic mass is 79.9. The van der Waals surface area contributed by atoms with Gasteiger partial charge >= 0.3 is 5.97 Å². The predicted molar refractivity (Wildman–Crippen MR) is 61.9 cm³/mol. The molecule has 2 nitrogen and oxygen atoms in total. The van der Waals surface area contributed by atoms with Crippen LogP contribution < -0.4 is 0 Å².